The quantitative estimate of drug-likeness (QED) is 0.911. The molecule has 0 fully saturated rings. The zero-order valence-electron chi connectivity index (χ0n) is 13.7. The second kappa shape index (κ2) is 6.81. The number of hydrogen-bond donors (Lipinski definition) is 1. The van der Waals surface area contributed by atoms with E-state index in [1.807, 2.05) is 13.8 Å². The van der Waals surface area contributed by atoms with Crippen LogP contribution in [0.15, 0.2) is 24.3 Å². The number of benzene rings is 1. The molecular formula is C18H25N3. The van der Waals surface area contributed by atoms with Crippen molar-refractivity contribution in [2.75, 3.05) is 6.54 Å². The summed E-state index contributed by atoms with van der Waals surface area (Å²) < 4.78 is 0. The van der Waals surface area contributed by atoms with Crippen LogP contribution in [-0.2, 0) is 6.42 Å². The van der Waals surface area contributed by atoms with Crippen LogP contribution < -0.4 is 5.32 Å². The molecule has 1 atom stereocenters. The Morgan fingerprint density at radius 2 is 1.81 bits per heavy atom. The van der Waals surface area contributed by atoms with Crippen molar-refractivity contribution in [2.24, 2.45) is 0 Å². The fraction of sp³-hybridized carbons (Fsp3) is 0.444. The Labute approximate surface area is 127 Å². The lowest BCUT2D eigenvalue weighted by Crippen LogP contribution is -2.24. The van der Waals surface area contributed by atoms with Gasteiger partial charge in [0.15, 0.2) is 0 Å². The van der Waals surface area contributed by atoms with Gasteiger partial charge in [-0.15, -0.1) is 0 Å². The zero-order chi connectivity index (χ0) is 15.4. The van der Waals surface area contributed by atoms with Gasteiger partial charge in [-0.25, -0.2) is 0 Å². The van der Waals surface area contributed by atoms with E-state index in [0.29, 0.717) is 0 Å². The molecule has 1 aromatic heterocycles. The first-order valence-corrected chi connectivity index (χ1v) is 7.61. The largest absolute Gasteiger partial charge is 0.310 e. The number of nitrogens with one attached hydrogen (secondary N) is 1. The summed E-state index contributed by atoms with van der Waals surface area (Å²) in [6.45, 7) is 11.4. The maximum absolute atomic E-state index is 4.27. The van der Waals surface area contributed by atoms with Crippen molar-refractivity contribution in [3.05, 3.63) is 57.9 Å². The normalized spacial score (nSPS) is 12.4. The highest BCUT2D eigenvalue weighted by atomic mass is 15.1. The van der Waals surface area contributed by atoms with Gasteiger partial charge in [-0.05, 0) is 63.4 Å². The Balaban J connectivity index is 2.35. The highest BCUT2D eigenvalue weighted by Crippen LogP contribution is 2.23. The van der Waals surface area contributed by atoms with Crippen LogP contribution in [0.3, 0.4) is 0 Å². The van der Waals surface area contributed by atoms with Crippen LogP contribution in [0, 0.1) is 27.7 Å². The van der Waals surface area contributed by atoms with Crippen LogP contribution in [0.2, 0.25) is 0 Å². The SMILES string of the molecule is CCNC(Cc1cc(C)ccc1C)c1cc(C)nnc1C. The van der Waals surface area contributed by atoms with Gasteiger partial charge in [0, 0.05) is 6.04 Å². The first-order chi connectivity index (χ1) is 10.0. The van der Waals surface area contributed by atoms with Crippen molar-refractivity contribution in [3.8, 4) is 0 Å². The van der Waals surface area contributed by atoms with E-state index < -0.39 is 0 Å². The van der Waals surface area contributed by atoms with Gasteiger partial charge in [-0.1, -0.05) is 30.7 Å². The van der Waals surface area contributed by atoms with E-state index in [2.05, 4.69) is 60.6 Å². The Hall–Kier alpha value is -1.74. The molecule has 1 aromatic carbocycles. The molecule has 3 heteroatoms. The minimum absolute atomic E-state index is 0.282. The lowest BCUT2D eigenvalue weighted by molar-refractivity contribution is 0.541. The second-order valence-electron chi connectivity index (χ2n) is 5.77. The maximum Gasteiger partial charge on any atom is 0.0648 e. The number of hydrogen-bond acceptors (Lipinski definition) is 3. The predicted octanol–water partition coefficient (Wildman–Crippen LogP) is 3.60. The van der Waals surface area contributed by atoms with Gasteiger partial charge >= 0.3 is 0 Å². The summed E-state index contributed by atoms with van der Waals surface area (Å²) in [5.74, 6) is 0. The third-order valence-electron chi connectivity index (χ3n) is 3.89. The minimum atomic E-state index is 0.282. The average Bonchev–Trinajstić information content (AvgIpc) is 2.45. The van der Waals surface area contributed by atoms with Crippen molar-refractivity contribution >= 4 is 0 Å². The number of aryl methyl sites for hydroxylation is 4. The molecule has 0 bridgehead atoms. The summed E-state index contributed by atoms with van der Waals surface area (Å²) in [7, 11) is 0. The predicted molar refractivity (Wildman–Crippen MR) is 87.5 cm³/mol. The molecule has 2 rings (SSSR count). The molecule has 0 saturated carbocycles. The van der Waals surface area contributed by atoms with Crippen LogP contribution in [0.4, 0.5) is 0 Å². The highest BCUT2D eigenvalue weighted by Gasteiger charge is 2.16. The summed E-state index contributed by atoms with van der Waals surface area (Å²) in [5.41, 5.74) is 7.29. The molecule has 112 valence electrons. The van der Waals surface area contributed by atoms with Gasteiger partial charge in [0.2, 0.25) is 0 Å². The van der Waals surface area contributed by atoms with Gasteiger partial charge in [0.05, 0.1) is 11.4 Å². The standard InChI is InChI=1S/C18H25N3/c1-6-19-18(17-10-14(4)20-21-15(17)5)11-16-9-12(2)7-8-13(16)3/h7-10,18-19H,6,11H2,1-5H3. The number of nitrogens with zero attached hydrogens (tertiary/aromatic N) is 2. The van der Waals surface area contributed by atoms with Crippen LogP contribution in [-0.4, -0.2) is 16.7 Å². The van der Waals surface area contributed by atoms with Crippen molar-refractivity contribution in [3.63, 3.8) is 0 Å². The Morgan fingerprint density at radius 1 is 1.05 bits per heavy atom. The third-order valence-corrected chi connectivity index (χ3v) is 3.89. The Morgan fingerprint density at radius 3 is 2.52 bits per heavy atom. The van der Waals surface area contributed by atoms with Crippen LogP contribution in [0.25, 0.3) is 0 Å². The van der Waals surface area contributed by atoms with Gasteiger partial charge in [-0.3, -0.25) is 0 Å². The smallest absolute Gasteiger partial charge is 0.0648 e. The molecule has 2 aromatic rings. The van der Waals surface area contributed by atoms with E-state index in [-0.39, 0.29) is 6.04 Å². The average molecular weight is 283 g/mol. The van der Waals surface area contributed by atoms with E-state index in [1.54, 1.807) is 0 Å². The first kappa shape index (κ1) is 15.6. The molecule has 3 nitrogen and oxygen atoms in total. The fourth-order valence-electron chi connectivity index (χ4n) is 2.70. The van der Waals surface area contributed by atoms with Gasteiger partial charge in [0.25, 0.3) is 0 Å². The van der Waals surface area contributed by atoms with Crippen LogP contribution in [0.5, 0.6) is 0 Å². The number of likely N-dealkylation sites (N-methyl/N-ethyl adjacent to an activating group) is 1. The molecule has 0 radical (unpaired) electrons. The number of rotatable bonds is 5. The summed E-state index contributed by atoms with van der Waals surface area (Å²) in [6, 6.07) is 9.10. The molecule has 0 aliphatic carbocycles. The molecule has 0 aliphatic rings. The van der Waals surface area contributed by atoms with Crippen molar-refractivity contribution in [1.82, 2.24) is 15.5 Å². The van der Waals surface area contributed by atoms with Crippen molar-refractivity contribution in [2.45, 2.75) is 47.1 Å². The maximum atomic E-state index is 4.27. The summed E-state index contributed by atoms with van der Waals surface area (Å²) >= 11 is 0. The lowest BCUT2D eigenvalue weighted by Gasteiger charge is -2.21. The first-order valence-electron chi connectivity index (χ1n) is 7.61. The summed E-state index contributed by atoms with van der Waals surface area (Å²) in [5, 5.41) is 12.0. The van der Waals surface area contributed by atoms with Crippen molar-refractivity contribution < 1.29 is 0 Å². The third kappa shape index (κ3) is 3.88. The zero-order valence-corrected chi connectivity index (χ0v) is 13.7. The molecule has 21 heavy (non-hydrogen) atoms. The molecule has 0 spiro atoms. The van der Waals surface area contributed by atoms with Gasteiger partial charge in [0.1, 0.15) is 0 Å². The molecule has 1 N–H and O–H groups in total. The molecular weight excluding hydrogens is 258 g/mol. The van der Waals surface area contributed by atoms with Gasteiger partial charge in [-0.2, -0.15) is 10.2 Å². The molecule has 1 unspecified atom stereocenters. The topological polar surface area (TPSA) is 37.8 Å². The van der Waals surface area contributed by atoms with Crippen molar-refractivity contribution in [1.29, 1.82) is 0 Å². The minimum Gasteiger partial charge on any atom is -0.310 e. The summed E-state index contributed by atoms with van der Waals surface area (Å²) in [6.07, 6.45) is 0.979. The molecule has 0 saturated heterocycles. The van der Waals surface area contributed by atoms with E-state index in [4.69, 9.17) is 0 Å². The Kier molecular flexibility index (Phi) is 5.07. The lowest BCUT2D eigenvalue weighted by atomic mass is 9.94. The molecule has 1 heterocycles. The van der Waals surface area contributed by atoms with Crippen LogP contribution >= 0.6 is 0 Å². The second-order valence-corrected chi connectivity index (χ2v) is 5.77. The highest BCUT2D eigenvalue weighted by molar-refractivity contribution is 5.33. The fourth-order valence-corrected chi connectivity index (χ4v) is 2.70. The number of aromatic nitrogens is 2. The van der Waals surface area contributed by atoms with Gasteiger partial charge < -0.3 is 5.32 Å². The molecule has 0 aliphatic heterocycles. The van der Waals surface area contributed by atoms with E-state index in [0.717, 1.165) is 24.4 Å². The monoisotopic (exact) mass is 283 g/mol. The van der Waals surface area contributed by atoms with E-state index in [9.17, 15) is 0 Å². The Bertz CT molecular complexity index is 620. The van der Waals surface area contributed by atoms with E-state index in [1.165, 1.54) is 22.3 Å². The van der Waals surface area contributed by atoms with E-state index >= 15 is 0 Å². The molecule has 0 amide bonds. The van der Waals surface area contributed by atoms with Crippen LogP contribution in [0.1, 0.15) is 46.6 Å². The summed E-state index contributed by atoms with van der Waals surface area (Å²) in [4.78, 5) is 0.